The number of likely N-dealkylation sites (N-methyl/N-ethyl adjacent to an activating group) is 1. The van der Waals surface area contributed by atoms with Crippen LogP contribution in [0.15, 0.2) is 18.3 Å². The summed E-state index contributed by atoms with van der Waals surface area (Å²) in [5.41, 5.74) is 1.39. The second-order valence-electron chi connectivity index (χ2n) is 5.87. The Morgan fingerprint density at radius 2 is 1.89 bits per heavy atom. The summed E-state index contributed by atoms with van der Waals surface area (Å²) < 4.78 is 2.38. The molecule has 0 bridgehead atoms. The number of nitrogens with one attached hydrogen (secondary N) is 1. The molecule has 4 heteroatoms. The van der Waals surface area contributed by atoms with Crippen LogP contribution in [0.1, 0.15) is 19.5 Å². The third-order valence-electron chi connectivity index (χ3n) is 3.87. The number of rotatable bonds is 6. The van der Waals surface area contributed by atoms with Crippen molar-refractivity contribution in [3.05, 3.63) is 24.0 Å². The summed E-state index contributed by atoms with van der Waals surface area (Å²) >= 11 is 0. The molecule has 1 aromatic heterocycles. The normalized spacial score (nSPS) is 18.3. The van der Waals surface area contributed by atoms with E-state index in [9.17, 15) is 0 Å². The molecule has 0 aromatic carbocycles. The maximum absolute atomic E-state index is 3.49. The highest BCUT2D eigenvalue weighted by molar-refractivity contribution is 5.07. The van der Waals surface area contributed by atoms with E-state index in [0.29, 0.717) is 6.04 Å². The van der Waals surface area contributed by atoms with Gasteiger partial charge >= 0.3 is 0 Å². The summed E-state index contributed by atoms with van der Waals surface area (Å²) in [6.07, 6.45) is 2.20. The average Bonchev–Trinajstić information content (AvgIpc) is 2.83. The van der Waals surface area contributed by atoms with E-state index in [1.807, 2.05) is 0 Å². The van der Waals surface area contributed by atoms with Gasteiger partial charge in [0.15, 0.2) is 0 Å². The molecule has 0 unspecified atom stereocenters. The van der Waals surface area contributed by atoms with E-state index >= 15 is 0 Å². The summed E-state index contributed by atoms with van der Waals surface area (Å²) in [6, 6.07) is 4.92. The van der Waals surface area contributed by atoms with Crippen molar-refractivity contribution in [2.24, 2.45) is 0 Å². The molecule has 0 radical (unpaired) electrons. The highest BCUT2D eigenvalue weighted by atomic mass is 15.3. The first kappa shape index (κ1) is 14.6. The molecule has 1 aliphatic heterocycles. The summed E-state index contributed by atoms with van der Waals surface area (Å²) in [4.78, 5) is 4.98. The van der Waals surface area contributed by atoms with E-state index in [1.165, 1.54) is 31.9 Å². The first-order valence-electron chi connectivity index (χ1n) is 7.43. The lowest BCUT2D eigenvalue weighted by Crippen LogP contribution is -2.45. The van der Waals surface area contributed by atoms with Crippen LogP contribution in [-0.2, 0) is 13.1 Å². The van der Waals surface area contributed by atoms with Crippen LogP contribution in [0.3, 0.4) is 0 Å². The van der Waals surface area contributed by atoms with E-state index in [-0.39, 0.29) is 0 Å². The number of hydrogen-bond acceptors (Lipinski definition) is 3. The van der Waals surface area contributed by atoms with Gasteiger partial charge in [-0.2, -0.15) is 0 Å². The van der Waals surface area contributed by atoms with Crippen LogP contribution >= 0.6 is 0 Å². The lowest BCUT2D eigenvalue weighted by molar-refractivity contribution is 0.150. The maximum atomic E-state index is 3.49. The summed E-state index contributed by atoms with van der Waals surface area (Å²) in [7, 11) is 2.21. The molecule has 1 N–H and O–H groups in total. The lowest BCUT2D eigenvalue weighted by atomic mass is 10.3. The van der Waals surface area contributed by atoms with Crippen LogP contribution in [0, 0.1) is 0 Å². The smallest absolute Gasteiger partial charge is 0.0361 e. The molecule has 19 heavy (non-hydrogen) atoms. The Bertz CT molecular complexity index is 364. The SMILES string of the molecule is CC(C)NCc1cccn1CCN1CCN(C)CC1. The van der Waals surface area contributed by atoms with Crippen molar-refractivity contribution < 1.29 is 0 Å². The van der Waals surface area contributed by atoms with Crippen molar-refractivity contribution in [2.75, 3.05) is 39.8 Å². The van der Waals surface area contributed by atoms with Gasteiger partial charge in [0.05, 0.1) is 0 Å². The number of aromatic nitrogens is 1. The van der Waals surface area contributed by atoms with E-state index in [0.717, 1.165) is 19.6 Å². The Hall–Kier alpha value is -0.840. The average molecular weight is 264 g/mol. The Balaban J connectivity index is 1.78. The van der Waals surface area contributed by atoms with Crippen molar-refractivity contribution in [3.63, 3.8) is 0 Å². The predicted molar refractivity (Wildman–Crippen MR) is 80.3 cm³/mol. The van der Waals surface area contributed by atoms with E-state index in [2.05, 4.69) is 58.9 Å². The van der Waals surface area contributed by atoms with Crippen molar-refractivity contribution in [2.45, 2.75) is 33.0 Å². The third-order valence-corrected chi connectivity index (χ3v) is 3.87. The monoisotopic (exact) mass is 264 g/mol. The second-order valence-corrected chi connectivity index (χ2v) is 5.87. The molecule has 0 aliphatic carbocycles. The zero-order valence-electron chi connectivity index (χ0n) is 12.6. The van der Waals surface area contributed by atoms with Crippen molar-refractivity contribution in [1.82, 2.24) is 19.7 Å². The molecule has 2 heterocycles. The summed E-state index contributed by atoms with van der Waals surface area (Å²) in [6.45, 7) is 12.4. The van der Waals surface area contributed by atoms with E-state index in [4.69, 9.17) is 0 Å². The number of hydrogen-bond donors (Lipinski definition) is 1. The van der Waals surface area contributed by atoms with Crippen LogP contribution in [0.4, 0.5) is 0 Å². The molecule has 2 rings (SSSR count). The molecular weight excluding hydrogens is 236 g/mol. The highest BCUT2D eigenvalue weighted by Crippen LogP contribution is 2.05. The van der Waals surface area contributed by atoms with Crippen molar-refractivity contribution in [1.29, 1.82) is 0 Å². The van der Waals surface area contributed by atoms with Gasteiger partial charge in [0.25, 0.3) is 0 Å². The van der Waals surface area contributed by atoms with Gasteiger partial charge in [0.2, 0.25) is 0 Å². The molecule has 4 nitrogen and oxygen atoms in total. The van der Waals surface area contributed by atoms with Gasteiger partial charge in [-0.1, -0.05) is 13.8 Å². The zero-order valence-corrected chi connectivity index (χ0v) is 12.6. The van der Waals surface area contributed by atoms with E-state index in [1.54, 1.807) is 0 Å². The van der Waals surface area contributed by atoms with Gasteiger partial charge in [-0.15, -0.1) is 0 Å². The van der Waals surface area contributed by atoms with Gasteiger partial charge < -0.3 is 14.8 Å². The third kappa shape index (κ3) is 4.64. The molecule has 1 aliphatic rings. The fourth-order valence-electron chi connectivity index (χ4n) is 2.46. The molecule has 0 atom stereocenters. The van der Waals surface area contributed by atoms with Gasteiger partial charge in [0, 0.05) is 63.7 Å². The fourth-order valence-corrected chi connectivity index (χ4v) is 2.46. The minimum Gasteiger partial charge on any atom is -0.349 e. The molecule has 0 amide bonds. The van der Waals surface area contributed by atoms with E-state index < -0.39 is 0 Å². The van der Waals surface area contributed by atoms with Crippen LogP contribution < -0.4 is 5.32 Å². The maximum Gasteiger partial charge on any atom is 0.0361 e. The molecule has 0 spiro atoms. The number of nitrogens with zero attached hydrogens (tertiary/aromatic N) is 3. The topological polar surface area (TPSA) is 23.4 Å². The lowest BCUT2D eigenvalue weighted by Gasteiger charge is -2.32. The number of piperazine rings is 1. The zero-order chi connectivity index (χ0) is 13.7. The minimum atomic E-state index is 0.543. The first-order valence-corrected chi connectivity index (χ1v) is 7.43. The Labute approximate surface area is 117 Å². The predicted octanol–water partition coefficient (Wildman–Crippen LogP) is 1.23. The molecule has 1 saturated heterocycles. The van der Waals surface area contributed by atoms with Crippen LogP contribution in [0.25, 0.3) is 0 Å². The quantitative estimate of drug-likeness (QED) is 0.836. The highest BCUT2D eigenvalue weighted by Gasteiger charge is 2.13. The summed E-state index contributed by atoms with van der Waals surface area (Å²) in [5.74, 6) is 0. The fraction of sp³-hybridized carbons (Fsp3) is 0.733. The minimum absolute atomic E-state index is 0.543. The van der Waals surface area contributed by atoms with Gasteiger partial charge in [-0.3, -0.25) is 4.90 Å². The van der Waals surface area contributed by atoms with Crippen molar-refractivity contribution in [3.8, 4) is 0 Å². The van der Waals surface area contributed by atoms with Crippen LogP contribution in [0.2, 0.25) is 0 Å². The largest absolute Gasteiger partial charge is 0.349 e. The molecule has 1 fully saturated rings. The Morgan fingerprint density at radius 1 is 1.16 bits per heavy atom. The molecular formula is C15H28N4. The molecule has 108 valence electrons. The Morgan fingerprint density at radius 3 is 2.58 bits per heavy atom. The second kappa shape index (κ2) is 7.08. The molecule has 1 aromatic rings. The van der Waals surface area contributed by atoms with Gasteiger partial charge in [0.1, 0.15) is 0 Å². The van der Waals surface area contributed by atoms with Gasteiger partial charge in [-0.05, 0) is 19.2 Å². The Kier molecular flexibility index (Phi) is 5.43. The van der Waals surface area contributed by atoms with Crippen LogP contribution in [0.5, 0.6) is 0 Å². The first-order chi connectivity index (χ1) is 9.15. The van der Waals surface area contributed by atoms with Crippen molar-refractivity contribution >= 4 is 0 Å². The van der Waals surface area contributed by atoms with Gasteiger partial charge in [-0.25, -0.2) is 0 Å². The standard InChI is InChI=1S/C15H28N4/c1-14(2)16-13-15-5-4-6-19(15)12-11-18-9-7-17(3)8-10-18/h4-6,14,16H,7-13H2,1-3H3. The van der Waals surface area contributed by atoms with Crippen LogP contribution in [-0.4, -0.2) is 60.2 Å². The molecule has 0 saturated carbocycles. The summed E-state index contributed by atoms with van der Waals surface area (Å²) in [5, 5.41) is 3.49.